The summed E-state index contributed by atoms with van der Waals surface area (Å²) in [5.74, 6) is -0.844. The largest absolute Gasteiger partial charge is 0.497 e. The van der Waals surface area contributed by atoms with Gasteiger partial charge in [-0.3, -0.25) is 19.0 Å². The molecule has 0 aliphatic heterocycles. The lowest BCUT2D eigenvalue weighted by Gasteiger charge is -2.11. The molecule has 12 nitrogen and oxygen atoms in total. The Morgan fingerprint density at radius 1 is 1.02 bits per heavy atom. The first-order valence-electron chi connectivity index (χ1n) is 11.7. The zero-order valence-corrected chi connectivity index (χ0v) is 21.4. The maximum absolute atomic E-state index is 14.0. The number of hydrogen-bond donors (Lipinski definition) is 2. The van der Waals surface area contributed by atoms with Crippen molar-refractivity contribution in [1.82, 2.24) is 39.5 Å². The first-order valence-corrected chi connectivity index (χ1v) is 11.7. The van der Waals surface area contributed by atoms with E-state index in [1.807, 2.05) is 0 Å². The second-order valence-electron chi connectivity index (χ2n) is 8.74. The van der Waals surface area contributed by atoms with Crippen molar-refractivity contribution in [3.8, 4) is 17.0 Å². The van der Waals surface area contributed by atoms with E-state index < -0.39 is 23.7 Å². The van der Waals surface area contributed by atoms with Crippen LogP contribution in [0.4, 0.5) is 18.9 Å². The summed E-state index contributed by atoms with van der Waals surface area (Å²) in [5, 5.41) is 17.1. The van der Waals surface area contributed by atoms with Crippen molar-refractivity contribution < 1.29 is 27.5 Å². The molecule has 2 amide bonds. The van der Waals surface area contributed by atoms with Gasteiger partial charge in [-0.2, -0.15) is 28.5 Å². The van der Waals surface area contributed by atoms with Gasteiger partial charge in [0, 0.05) is 44.0 Å². The molecule has 15 heteroatoms. The zero-order valence-electron chi connectivity index (χ0n) is 21.4. The van der Waals surface area contributed by atoms with Gasteiger partial charge in [0.25, 0.3) is 11.8 Å². The third-order valence-electron chi connectivity index (χ3n) is 5.95. The quantitative estimate of drug-likeness (QED) is 0.317. The van der Waals surface area contributed by atoms with Gasteiger partial charge in [-0.15, -0.1) is 0 Å². The summed E-state index contributed by atoms with van der Waals surface area (Å²) in [6, 6.07) is 8.34. The summed E-state index contributed by atoms with van der Waals surface area (Å²) >= 11 is 0. The number of benzene rings is 1. The molecule has 0 radical (unpaired) electrons. The molecule has 0 atom stereocenters. The summed E-state index contributed by atoms with van der Waals surface area (Å²) in [5.41, 5.74) is -0.336. The van der Waals surface area contributed by atoms with Crippen LogP contribution in [0.3, 0.4) is 0 Å². The lowest BCUT2D eigenvalue weighted by Crippen LogP contribution is -2.26. The Morgan fingerprint density at radius 3 is 2.42 bits per heavy atom. The van der Waals surface area contributed by atoms with Crippen LogP contribution >= 0.6 is 0 Å². The standard InChI is InChI=1S/C25H22F3N9O3/c1-35-13-14(11-30-35)10-29-24(39)22-19(12-31-36(22)2)33-23(38)18-9-21-32-17(15-4-6-16(40-3)7-5-15)8-20(25(26,27)28)37(21)34-18/h4-9,11-13H,10H2,1-3H3,(H,29,39)(H,33,38). The fraction of sp³-hybridized carbons (Fsp3) is 0.200. The summed E-state index contributed by atoms with van der Waals surface area (Å²) in [6.07, 6.45) is -0.198. The summed E-state index contributed by atoms with van der Waals surface area (Å²) < 4.78 is 50.4. The van der Waals surface area contributed by atoms with Gasteiger partial charge < -0.3 is 15.4 Å². The number of anilines is 1. The molecule has 0 saturated heterocycles. The van der Waals surface area contributed by atoms with Crippen molar-refractivity contribution in [2.75, 3.05) is 12.4 Å². The topological polar surface area (TPSA) is 133 Å². The number of alkyl halides is 3. The van der Waals surface area contributed by atoms with Gasteiger partial charge >= 0.3 is 6.18 Å². The van der Waals surface area contributed by atoms with E-state index in [0.29, 0.717) is 15.8 Å². The van der Waals surface area contributed by atoms with Gasteiger partial charge in [0.15, 0.2) is 17.0 Å². The molecule has 0 bridgehead atoms. The SMILES string of the molecule is COc1ccc(-c2cc(C(F)(F)F)n3nc(C(=O)Nc4cnn(C)c4C(=O)NCc4cnn(C)c4)cc3n2)cc1. The zero-order chi connectivity index (χ0) is 28.6. The highest BCUT2D eigenvalue weighted by Gasteiger charge is 2.36. The molecule has 0 fully saturated rings. The van der Waals surface area contributed by atoms with Crippen molar-refractivity contribution in [3.63, 3.8) is 0 Å². The molecule has 0 unspecified atom stereocenters. The van der Waals surface area contributed by atoms with Gasteiger partial charge in [0.1, 0.15) is 11.4 Å². The van der Waals surface area contributed by atoms with Crippen LogP contribution in [0.25, 0.3) is 16.9 Å². The Balaban J connectivity index is 1.43. The van der Waals surface area contributed by atoms with Crippen molar-refractivity contribution in [1.29, 1.82) is 0 Å². The third-order valence-corrected chi connectivity index (χ3v) is 5.95. The first-order chi connectivity index (χ1) is 19.0. The van der Waals surface area contributed by atoms with Crippen molar-refractivity contribution in [3.05, 3.63) is 77.6 Å². The number of hydrogen-bond acceptors (Lipinski definition) is 7. The van der Waals surface area contributed by atoms with Gasteiger partial charge in [0.2, 0.25) is 0 Å². The minimum Gasteiger partial charge on any atom is -0.497 e. The minimum atomic E-state index is -4.79. The highest BCUT2D eigenvalue weighted by atomic mass is 19.4. The molecule has 0 aliphatic carbocycles. The average Bonchev–Trinajstić information content (AvgIpc) is 3.64. The number of amides is 2. The molecule has 40 heavy (non-hydrogen) atoms. The molecule has 5 aromatic rings. The average molecular weight is 554 g/mol. The minimum absolute atomic E-state index is 0.0363. The third kappa shape index (κ3) is 5.21. The van der Waals surface area contributed by atoms with Crippen molar-refractivity contribution in [2.24, 2.45) is 14.1 Å². The fourth-order valence-electron chi connectivity index (χ4n) is 4.01. The molecule has 1 aromatic carbocycles. The second-order valence-corrected chi connectivity index (χ2v) is 8.74. The predicted molar refractivity (Wildman–Crippen MR) is 136 cm³/mol. The van der Waals surface area contributed by atoms with E-state index in [9.17, 15) is 22.8 Å². The molecule has 5 rings (SSSR count). The van der Waals surface area contributed by atoms with Gasteiger partial charge in [0.05, 0.1) is 30.9 Å². The lowest BCUT2D eigenvalue weighted by atomic mass is 10.1. The maximum atomic E-state index is 14.0. The fourth-order valence-corrected chi connectivity index (χ4v) is 4.01. The molecule has 0 saturated carbocycles. The summed E-state index contributed by atoms with van der Waals surface area (Å²) in [7, 11) is 4.73. The van der Waals surface area contributed by atoms with Crippen molar-refractivity contribution in [2.45, 2.75) is 12.7 Å². The van der Waals surface area contributed by atoms with Gasteiger partial charge in [-0.05, 0) is 30.3 Å². The lowest BCUT2D eigenvalue weighted by molar-refractivity contribution is -0.142. The summed E-state index contributed by atoms with van der Waals surface area (Å²) in [6.45, 7) is 0.181. The highest BCUT2D eigenvalue weighted by Crippen LogP contribution is 2.33. The number of rotatable bonds is 7. The number of fused-ring (bicyclic) bond motifs is 1. The van der Waals surface area contributed by atoms with Crippen LogP contribution in [0.5, 0.6) is 5.75 Å². The number of aryl methyl sites for hydroxylation is 2. The second kappa shape index (κ2) is 10.2. The van der Waals surface area contributed by atoms with Gasteiger partial charge in [-0.25, -0.2) is 9.50 Å². The Morgan fingerprint density at radius 2 is 1.77 bits per heavy atom. The number of carbonyl (C=O) groups is 2. The predicted octanol–water partition coefficient (Wildman–Crippen LogP) is 3.07. The number of nitrogens with one attached hydrogen (secondary N) is 2. The number of halogens is 3. The van der Waals surface area contributed by atoms with Crippen LogP contribution in [0.1, 0.15) is 32.2 Å². The van der Waals surface area contributed by atoms with Crippen LogP contribution in [-0.2, 0) is 26.8 Å². The number of nitrogens with zero attached hydrogens (tertiary/aromatic N) is 7. The number of aromatic nitrogens is 7. The molecule has 0 aliphatic rings. The molecule has 0 spiro atoms. The summed E-state index contributed by atoms with van der Waals surface area (Å²) in [4.78, 5) is 30.2. The maximum Gasteiger partial charge on any atom is 0.433 e. The number of ether oxygens (including phenoxy) is 1. The van der Waals surface area contributed by atoms with Gasteiger partial charge in [-0.1, -0.05) is 0 Å². The molecule has 4 aromatic heterocycles. The van der Waals surface area contributed by atoms with Crippen LogP contribution in [0.2, 0.25) is 0 Å². The Labute approximate surface area is 224 Å². The van der Waals surface area contributed by atoms with E-state index in [4.69, 9.17) is 4.74 Å². The smallest absolute Gasteiger partial charge is 0.433 e. The van der Waals surface area contributed by atoms with Crippen LogP contribution < -0.4 is 15.4 Å². The molecular formula is C25H22F3N9O3. The Kier molecular flexibility index (Phi) is 6.71. The molecule has 206 valence electrons. The van der Waals surface area contributed by atoms with Crippen molar-refractivity contribution >= 4 is 23.1 Å². The van der Waals surface area contributed by atoms with E-state index in [0.717, 1.165) is 17.7 Å². The van der Waals surface area contributed by atoms with E-state index in [1.165, 1.54) is 25.0 Å². The van der Waals surface area contributed by atoms with Crippen LogP contribution in [-0.4, -0.2) is 53.1 Å². The first kappa shape index (κ1) is 26.4. The highest BCUT2D eigenvalue weighted by molar-refractivity contribution is 6.07. The Bertz CT molecular complexity index is 1720. The number of carbonyl (C=O) groups excluding carboxylic acids is 2. The van der Waals surface area contributed by atoms with E-state index in [-0.39, 0.29) is 35.0 Å². The van der Waals surface area contributed by atoms with E-state index in [1.54, 1.807) is 48.4 Å². The Hall–Kier alpha value is -5.21. The molecule has 2 N–H and O–H groups in total. The van der Waals surface area contributed by atoms with E-state index >= 15 is 0 Å². The normalized spacial score (nSPS) is 11.6. The monoisotopic (exact) mass is 553 g/mol. The number of methoxy groups -OCH3 is 1. The molecule has 4 heterocycles. The van der Waals surface area contributed by atoms with Crippen LogP contribution in [0, 0.1) is 0 Å². The molecular weight excluding hydrogens is 531 g/mol. The van der Waals surface area contributed by atoms with Crippen LogP contribution in [0.15, 0.2) is 55.0 Å². The van der Waals surface area contributed by atoms with E-state index in [2.05, 4.69) is 30.9 Å².